The van der Waals surface area contributed by atoms with Crippen LogP contribution < -0.4 is 10.4 Å². The molecule has 0 aliphatic carbocycles. The molecule has 112 valence electrons. The third-order valence-electron chi connectivity index (χ3n) is 3.00. The van der Waals surface area contributed by atoms with E-state index in [0.717, 1.165) is 12.8 Å². The van der Waals surface area contributed by atoms with E-state index in [1.165, 1.54) is 0 Å². The normalized spacial score (nSPS) is 17.0. The molecule has 1 aromatic carbocycles. The predicted molar refractivity (Wildman–Crippen MR) is 75.6 cm³/mol. The molecule has 0 bridgehead atoms. The summed E-state index contributed by atoms with van der Waals surface area (Å²) in [4.78, 5) is 23.2. The van der Waals surface area contributed by atoms with Gasteiger partial charge in [0.15, 0.2) is 5.76 Å². The molecule has 0 spiro atoms. The molecule has 0 N–H and O–H groups in total. The number of hydrogen-bond acceptors (Lipinski definition) is 5. The molecule has 0 radical (unpaired) electrons. The van der Waals surface area contributed by atoms with Crippen LogP contribution in [0.4, 0.5) is 0 Å². The molecule has 0 aromatic heterocycles. The molecule has 1 heterocycles. The average Bonchev–Trinajstić information content (AvgIpc) is 2.51. The van der Waals surface area contributed by atoms with Crippen LogP contribution >= 0.6 is 0 Å². The van der Waals surface area contributed by atoms with Gasteiger partial charge in [0.1, 0.15) is 5.94 Å². The van der Waals surface area contributed by atoms with E-state index in [9.17, 15) is 9.59 Å². The van der Waals surface area contributed by atoms with Gasteiger partial charge in [0.25, 0.3) is 6.29 Å². The number of rotatable bonds is 6. The van der Waals surface area contributed by atoms with Crippen molar-refractivity contribution in [2.45, 2.75) is 33.0 Å². The molecule has 1 atom stereocenters. The molecule has 1 aliphatic heterocycles. The number of carbonyl (C=O) groups is 1. The van der Waals surface area contributed by atoms with E-state index in [1.54, 1.807) is 18.2 Å². The van der Waals surface area contributed by atoms with Crippen LogP contribution in [0.2, 0.25) is 0 Å². The number of cyclic esters (lactones) is 1. The lowest BCUT2D eigenvalue weighted by Gasteiger charge is -2.25. The van der Waals surface area contributed by atoms with Crippen LogP contribution in [0.5, 0.6) is 0 Å². The molecule has 5 heteroatoms. The highest BCUT2D eigenvalue weighted by atomic mass is 16.7. The Morgan fingerprint density at radius 2 is 2.00 bits per heavy atom. The number of ether oxygens (including phenoxy) is 3. The Morgan fingerprint density at radius 3 is 2.67 bits per heavy atom. The maximum absolute atomic E-state index is 12.0. The summed E-state index contributed by atoms with van der Waals surface area (Å²) in [5.41, 5.74) is 0.304. The highest BCUT2D eigenvalue weighted by molar-refractivity contribution is 5.92. The lowest BCUT2D eigenvalue weighted by Crippen LogP contribution is -2.44. The quantitative estimate of drug-likeness (QED) is 0.720. The van der Waals surface area contributed by atoms with Gasteiger partial charge in [-0.3, -0.25) is 0 Å². The Morgan fingerprint density at radius 1 is 1.24 bits per heavy atom. The van der Waals surface area contributed by atoms with E-state index in [1.807, 2.05) is 19.8 Å². The molecule has 5 nitrogen and oxygen atoms in total. The topological polar surface area (TPSA) is 61.8 Å². The van der Waals surface area contributed by atoms with Gasteiger partial charge in [-0.05, 0) is 25.0 Å². The third-order valence-corrected chi connectivity index (χ3v) is 3.00. The molecule has 0 amide bonds. The predicted octanol–water partition coefficient (Wildman–Crippen LogP) is 0.648. The summed E-state index contributed by atoms with van der Waals surface area (Å²) in [7, 11) is 0. The third kappa shape index (κ3) is 3.15. The minimum atomic E-state index is -0.911. The van der Waals surface area contributed by atoms with Gasteiger partial charge in [-0.25, -0.2) is 9.59 Å². The summed E-state index contributed by atoms with van der Waals surface area (Å²) in [6.45, 7) is 4.80. The lowest BCUT2D eigenvalue weighted by molar-refractivity contribution is -0.0932. The van der Waals surface area contributed by atoms with Crippen LogP contribution in [0, 0.1) is 0 Å². The minimum absolute atomic E-state index is 0.278. The highest BCUT2D eigenvalue weighted by Gasteiger charge is 2.30. The summed E-state index contributed by atoms with van der Waals surface area (Å²) in [6.07, 6.45) is 0.662. The fraction of sp³-hybridized carbons (Fsp3) is 0.438. The zero-order valence-electron chi connectivity index (χ0n) is 12.2. The average molecular weight is 290 g/mol. The van der Waals surface area contributed by atoms with E-state index in [2.05, 4.69) is 0 Å². The largest absolute Gasteiger partial charge is 0.491 e. The van der Waals surface area contributed by atoms with Gasteiger partial charge in [-0.1, -0.05) is 19.9 Å². The summed E-state index contributed by atoms with van der Waals surface area (Å²) >= 11 is 0. The Labute approximate surface area is 122 Å². The monoisotopic (exact) mass is 290 g/mol. The number of fused-ring (bicyclic) bond motifs is 1. The van der Waals surface area contributed by atoms with Gasteiger partial charge in [-0.2, -0.15) is 0 Å². The SMILES string of the molecule is CCCOC1=c2c(cccc2=C=O)C(=O)OC1OCCC. The number of esters is 1. The Balaban J connectivity index is 2.64. The second-order valence-electron chi connectivity index (χ2n) is 4.65. The second-order valence-corrected chi connectivity index (χ2v) is 4.65. The smallest absolute Gasteiger partial charge is 0.341 e. The molecular formula is C16H18O5. The first kappa shape index (κ1) is 15.3. The van der Waals surface area contributed by atoms with Gasteiger partial charge < -0.3 is 14.2 Å². The first-order valence-electron chi connectivity index (χ1n) is 7.06. The fourth-order valence-corrected chi connectivity index (χ4v) is 2.09. The van der Waals surface area contributed by atoms with Gasteiger partial charge in [0.05, 0.1) is 29.2 Å². The van der Waals surface area contributed by atoms with Crippen molar-refractivity contribution in [2.75, 3.05) is 13.2 Å². The van der Waals surface area contributed by atoms with Gasteiger partial charge in [0.2, 0.25) is 0 Å². The molecule has 21 heavy (non-hydrogen) atoms. The van der Waals surface area contributed by atoms with E-state index >= 15 is 0 Å². The van der Waals surface area contributed by atoms with E-state index < -0.39 is 12.3 Å². The van der Waals surface area contributed by atoms with Crippen LogP contribution in [0.3, 0.4) is 0 Å². The maximum Gasteiger partial charge on any atom is 0.341 e. The van der Waals surface area contributed by atoms with Crippen molar-refractivity contribution >= 4 is 17.7 Å². The van der Waals surface area contributed by atoms with Gasteiger partial charge >= 0.3 is 5.97 Å². The summed E-state index contributed by atoms with van der Waals surface area (Å²) in [6, 6.07) is 4.81. The molecular weight excluding hydrogens is 272 g/mol. The van der Waals surface area contributed by atoms with Crippen molar-refractivity contribution in [1.29, 1.82) is 0 Å². The number of hydrogen-bond donors (Lipinski definition) is 0. The Hall–Kier alpha value is -2.10. The van der Waals surface area contributed by atoms with E-state index in [4.69, 9.17) is 14.2 Å². The Kier molecular flexibility index (Phi) is 5.14. The van der Waals surface area contributed by atoms with Gasteiger partial charge in [-0.15, -0.1) is 0 Å². The maximum atomic E-state index is 12.0. The molecule has 1 unspecified atom stereocenters. The standard InChI is InChI=1S/C16H18O5/c1-3-8-19-14-13-11(10-17)6-5-7-12(13)15(18)21-16(14)20-9-4-2/h5-7,16H,3-4,8-9H2,1-2H3. The first-order chi connectivity index (χ1) is 10.2. The van der Waals surface area contributed by atoms with Gasteiger partial charge in [0, 0.05) is 0 Å². The fourth-order valence-electron chi connectivity index (χ4n) is 2.09. The van der Waals surface area contributed by atoms with Crippen molar-refractivity contribution in [3.63, 3.8) is 0 Å². The molecule has 2 rings (SSSR count). The molecule has 1 aromatic rings. The van der Waals surface area contributed by atoms with Crippen LogP contribution in [0.25, 0.3) is 5.76 Å². The zero-order chi connectivity index (χ0) is 15.2. The molecule has 0 fully saturated rings. The van der Waals surface area contributed by atoms with Crippen LogP contribution in [-0.2, 0) is 19.0 Å². The van der Waals surface area contributed by atoms with Crippen LogP contribution in [0.15, 0.2) is 18.2 Å². The summed E-state index contributed by atoms with van der Waals surface area (Å²) in [5.74, 6) is 1.70. The molecule has 0 saturated carbocycles. The van der Waals surface area contributed by atoms with E-state index in [0.29, 0.717) is 29.8 Å². The number of benzene rings is 1. The van der Waals surface area contributed by atoms with E-state index in [-0.39, 0.29) is 5.22 Å². The van der Waals surface area contributed by atoms with Crippen molar-refractivity contribution in [1.82, 2.24) is 0 Å². The molecule has 0 saturated heterocycles. The highest BCUT2D eigenvalue weighted by Crippen LogP contribution is 2.17. The van der Waals surface area contributed by atoms with Crippen molar-refractivity contribution < 1.29 is 23.8 Å². The van der Waals surface area contributed by atoms with Crippen molar-refractivity contribution in [2.24, 2.45) is 0 Å². The molecule has 1 aliphatic rings. The Bertz CT molecular complexity index is 658. The number of carbonyl (C=O) groups excluding carboxylic acids is 2. The van der Waals surface area contributed by atoms with Crippen LogP contribution in [-0.4, -0.2) is 31.4 Å². The van der Waals surface area contributed by atoms with Crippen molar-refractivity contribution in [3.8, 4) is 0 Å². The first-order valence-corrected chi connectivity index (χ1v) is 7.06. The lowest BCUT2D eigenvalue weighted by atomic mass is 10.1. The summed E-state index contributed by atoms with van der Waals surface area (Å²) in [5, 5.41) is 0.707. The van der Waals surface area contributed by atoms with Crippen LogP contribution in [0.1, 0.15) is 37.0 Å². The summed E-state index contributed by atoms with van der Waals surface area (Å²) < 4.78 is 16.5. The minimum Gasteiger partial charge on any atom is -0.491 e. The second kappa shape index (κ2) is 7.07. The zero-order valence-corrected chi connectivity index (χ0v) is 12.2. The van der Waals surface area contributed by atoms with Crippen molar-refractivity contribution in [3.05, 3.63) is 34.2 Å².